The van der Waals surface area contributed by atoms with E-state index in [1.54, 1.807) is 12.1 Å². The van der Waals surface area contributed by atoms with Crippen LogP contribution in [-0.4, -0.2) is 5.91 Å². The number of aryl methyl sites for hydroxylation is 1. The lowest BCUT2D eigenvalue weighted by Gasteiger charge is -2.09. The van der Waals surface area contributed by atoms with Gasteiger partial charge in [0.1, 0.15) is 18.1 Å². The summed E-state index contributed by atoms with van der Waals surface area (Å²) in [4.78, 5) is 12.4. The Kier molecular flexibility index (Phi) is 5.65. The highest BCUT2D eigenvalue weighted by atomic mass is 16.5. The first-order chi connectivity index (χ1) is 12.9. The van der Waals surface area contributed by atoms with E-state index in [4.69, 9.17) is 9.15 Å². The fourth-order valence-corrected chi connectivity index (χ4v) is 2.75. The third-order valence-corrected chi connectivity index (χ3v) is 4.67. The van der Waals surface area contributed by atoms with E-state index in [2.05, 4.69) is 31.3 Å². The van der Waals surface area contributed by atoms with E-state index in [-0.39, 0.29) is 18.3 Å². The molecule has 0 bridgehead atoms. The maximum Gasteiger partial charge on any atom is 0.291 e. The average Bonchev–Trinajstić information content (AvgIpc) is 3.13. The van der Waals surface area contributed by atoms with Gasteiger partial charge in [0, 0.05) is 5.69 Å². The van der Waals surface area contributed by atoms with Crippen LogP contribution in [0.2, 0.25) is 0 Å². The minimum absolute atomic E-state index is 0.267. The molecule has 0 radical (unpaired) electrons. The quantitative estimate of drug-likeness (QED) is 0.597. The van der Waals surface area contributed by atoms with Crippen molar-refractivity contribution in [1.82, 2.24) is 0 Å². The lowest BCUT2D eigenvalue weighted by molar-refractivity contribution is 0.0992. The third kappa shape index (κ3) is 4.59. The third-order valence-electron chi connectivity index (χ3n) is 4.67. The van der Waals surface area contributed by atoms with Crippen molar-refractivity contribution < 1.29 is 13.9 Å². The summed E-state index contributed by atoms with van der Waals surface area (Å²) in [5.74, 6) is 1.87. The lowest BCUT2D eigenvalue weighted by atomic mass is 10.0. The van der Waals surface area contributed by atoms with E-state index in [1.807, 2.05) is 44.2 Å². The standard InChI is InChI=1S/C23H25NO3/c1-15(2)18-8-10-19(11-9-18)26-14-20-12-13-22(27-20)23(25)24-21-7-5-6-16(3)17(21)4/h5-13,15H,14H2,1-4H3,(H,24,25). The van der Waals surface area contributed by atoms with Crippen molar-refractivity contribution in [2.45, 2.75) is 40.2 Å². The molecule has 0 aliphatic carbocycles. The molecule has 4 heteroatoms. The Balaban J connectivity index is 1.60. The summed E-state index contributed by atoms with van der Waals surface area (Å²) in [5.41, 5.74) is 4.24. The van der Waals surface area contributed by atoms with Gasteiger partial charge in [-0.25, -0.2) is 0 Å². The zero-order valence-electron chi connectivity index (χ0n) is 16.2. The first-order valence-corrected chi connectivity index (χ1v) is 9.13. The topological polar surface area (TPSA) is 51.5 Å². The zero-order chi connectivity index (χ0) is 19.4. The average molecular weight is 363 g/mol. The van der Waals surface area contributed by atoms with Crippen LogP contribution in [0.4, 0.5) is 5.69 Å². The smallest absolute Gasteiger partial charge is 0.291 e. The Morgan fingerprint density at radius 1 is 1.04 bits per heavy atom. The Morgan fingerprint density at radius 2 is 1.78 bits per heavy atom. The van der Waals surface area contributed by atoms with Gasteiger partial charge in [0.15, 0.2) is 5.76 Å². The van der Waals surface area contributed by atoms with Crippen molar-refractivity contribution in [1.29, 1.82) is 0 Å². The van der Waals surface area contributed by atoms with E-state index in [0.717, 1.165) is 22.6 Å². The summed E-state index contributed by atoms with van der Waals surface area (Å²) in [6.07, 6.45) is 0. The van der Waals surface area contributed by atoms with Gasteiger partial charge in [0.2, 0.25) is 0 Å². The molecule has 3 aromatic rings. The van der Waals surface area contributed by atoms with Crippen molar-refractivity contribution in [3.8, 4) is 5.75 Å². The molecule has 0 atom stereocenters. The predicted octanol–water partition coefficient (Wildman–Crippen LogP) is 5.85. The van der Waals surface area contributed by atoms with Crippen molar-refractivity contribution >= 4 is 11.6 Å². The molecule has 140 valence electrons. The monoisotopic (exact) mass is 363 g/mol. The second-order valence-corrected chi connectivity index (χ2v) is 6.98. The number of benzene rings is 2. The van der Waals surface area contributed by atoms with Crippen molar-refractivity contribution in [3.63, 3.8) is 0 Å². The van der Waals surface area contributed by atoms with Gasteiger partial charge in [0.05, 0.1) is 0 Å². The number of nitrogens with one attached hydrogen (secondary N) is 1. The zero-order valence-corrected chi connectivity index (χ0v) is 16.2. The second kappa shape index (κ2) is 8.12. The Hall–Kier alpha value is -3.01. The molecule has 1 amide bonds. The molecule has 0 aliphatic rings. The van der Waals surface area contributed by atoms with Crippen LogP contribution in [0, 0.1) is 13.8 Å². The molecule has 3 rings (SSSR count). The van der Waals surface area contributed by atoms with Gasteiger partial charge >= 0.3 is 0 Å². The molecule has 0 unspecified atom stereocenters. The SMILES string of the molecule is Cc1cccc(NC(=O)c2ccc(COc3ccc(C(C)C)cc3)o2)c1C. The molecule has 27 heavy (non-hydrogen) atoms. The molecule has 0 spiro atoms. The molecule has 1 heterocycles. The van der Waals surface area contributed by atoms with Crippen molar-refractivity contribution in [2.75, 3.05) is 5.32 Å². The molecule has 2 aromatic carbocycles. The molecular weight excluding hydrogens is 338 g/mol. The second-order valence-electron chi connectivity index (χ2n) is 6.98. The van der Waals surface area contributed by atoms with E-state index in [1.165, 1.54) is 5.56 Å². The number of furan rings is 1. The van der Waals surface area contributed by atoms with Gasteiger partial charge in [0.25, 0.3) is 5.91 Å². The highest BCUT2D eigenvalue weighted by molar-refractivity contribution is 6.02. The van der Waals surface area contributed by atoms with E-state index < -0.39 is 0 Å². The van der Waals surface area contributed by atoms with Crippen LogP contribution in [0.1, 0.15) is 52.8 Å². The first-order valence-electron chi connectivity index (χ1n) is 9.13. The lowest BCUT2D eigenvalue weighted by Crippen LogP contribution is -2.12. The van der Waals surface area contributed by atoms with Gasteiger partial charge in [-0.15, -0.1) is 0 Å². The Labute approximate surface area is 160 Å². The van der Waals surface area contributed by atoms with Crippen molar-refractivity contribution in [3.05, 3.63) is 82.8 Å². The first kappa shape index (κ1) is 18.8. The number of amides is 1. The number of ether oxygens (including phenoxy) is 1. The largest absolute Gasteiger partial charge is 0.486 e. The van der Waals surface area contributed by atoms with Crippen LogP contribution in [0.3, 0.4) is 0 Å². The predicted molar refractivity (Wildman–Crippen MR) is 107 cm³/mol. The van der Waals surface area contributed by atoms with Gasteiger partial charge in [-0.1, -0.05) is 38.1 Å². The van der Waals surface area contributed by atoms with Crippen LogP contribution in [-0.2, 0) is 6.61 Å². The normalized spacial score (nSPS) is 10.9. The Morgan fingerprint density at radius 3 is 2.48 bits per heavy atom. The summed E-state index contributed by atoms with van der Waals surface area (Å²) in [6.45, 7) is 8.59. The number of hydrogen-bond acceptors (Lipinski definition) is 3. The van der Waals surface area contributed by atoms with Crippen LogP contribution < -0.4 is 10.1 Å². The summed E-state index contributed by atoms with van der Waals surface area (Å²) in [7, 11) is 0. The fraction of sp³-hybridized carbons (Fsp3) is 0.261. The van der Waals surface area contributed by atoms with E-state index in [9.17, 15) is 4.79 Å². The minimum atomic E-state index is -0.267. The van der Waals surface area contributed by atoms with Crippen LogP contribution >= 0.6 is 0 Å². The number of hydrogen-bond donors (Lipinski definition) is 1. The molecule has 4 nitrogen and oxygen atoms in total. The van der Waals surface area contributed by atoms with Gasteiger partial charge in [-0.3, -0.25) is 4.79 Å². The van der Waals surface area contributed by atoms with Crippen LogP contribution in [0.5, 0.6) is 5.75 Å². The number of carbonyl (C=O) groups is 1. The highest BCUT2D eigenvalue weighted by Crippen LogP contribution is 2.21. The van der Waals surface area contributed by atoms with Gasteiger partial charge < -0.3 is 14.5 Å². The maximum absolute atomic E-state index is 12.4. The number of carbonyl (C=O) groups excluding carboxylic acids is 1. The number of rotatable bonds is 6. The molecule has 0 saturated heterocycles. The summed E-state index contributed by atoms with van der Waals surface area (Å²) in [5, 5.41) is 2.90. The highest BCUT2D eigenvalue weighted by Gasteiger charge is 2.13. The summed E-state index contributed by atoms with van der Waals surface area (Å²) in [6, 6.07) is 17.3. The van der Waals surface area contributed by atoms with Crippen molar-refractivity contribution in [2.24, 2.45) is 0 Å². The van der Waals surface area contributed by atoms with E-state index in [0.29, 0.717) is 11.7 Å². The van der Waals surface area contributed by atoms with Gasteiger partial charge in [-0.05, 0) is 66.8 Å². The molecular formula is C23H25NO3. The Bertz CT molecular complexity index is 923. The minimum Gasteiger partial charge on any atom is -0.486 e. The summed E-state index contributed by atoms with van der Waals surface area (Å²) >= 11 is 0. The van der Waals surface area contributed by atoms with Gasteiger partial charge in [-0.2, -0.15) is 0 Å². The summed E-state index contributed by atoms with van der Waals surface area (Å²) < 4.78 is 11.4. The fourth-order valence-electron chi connectivity index (χ4n) is 2.75. The molecule has 0 saturated carbocycles. The number of anilines is 1. The molecule has 0 aliphatic heterocycles. The maximum atomic E-state index is 12.4. The molecule has 1 aromatic heterocycles. The molecule has 1 N–H and O–H groups in total. The van der Waals surface area contributed by atoms with Crippen LogP contribution in [0.15, 0.2) is 59.0 Å². The van der Waals surface area contributed by atoms with E-state index >= 15 is 0 Å². The van der Waals surface area contributed by atoms with Crippen LogP contribution in [0.25, 0.3) is 0 Å². The molecule has 0 fully saturated rings.